The van der Waals surface area contributed by atoms with Crippen molar-refractivity contribution in [1.29, 1.82) is 0 Å². The van der Waals surface area contributed by atoms with Gasteiger partial charge in [0.05, 0.1) is 10.6 Å². The van der Waals surface area contributed by atoms with Crippen molar-refractivity contribution in [3.05, 3.63) is 60.2 Å². The van der Waals surface area contributed by atoms with E-state index in [1.54, 1.807) is 54.6 Å². The molecule has 0 saturated carbocycles. The topological polar surface area (TPSA) is 57.6 Å². The summed E-state index contributed by atoms with van der Waals surface area (Å²) >= 11 is 0. The summed E-state index contributed by atoms with van der Waals surface area (Å²) in [6.07, 6.45) is 0. The van der Waals surface area contributed by atoms with Crippen molar-refractivity contribution in [2.45, 2.75) is 11.8 Å². The van der Waals surface area contributed by atoms with Crippen LogP contribution in [-0.2, 0) is 9.84 Å². The number of anilines is 1. The van der Waals surface area contributed by atoms with Crippen LogP contribution in [0, 0.1) is 6.92 Å². The quantitative estimate of drug-likeness (QED) is 0.873. The minimum absolute atomic E-state index is 0.202. The van der Waals surface area contributed by atoms with Gasteiger partial charge in [-0.3, -0.25) is 5.21 Å². The molecule has 19 heavy (non-hydrogen) atoms. The van der Waals surface area contributed by atoms with Crippen molar-refractivity contribution in [1.82, 2.24) is 0 Å². The summed E-state index contributed by atoms with van der Waals surface area (Å²) < 4.78 is 24.3. The highest BCUT2D eigenvalue weighted by molar-refractivity contribution is 7.91. The Balaban J connectivity index is 2.20. The molecule has 0 aliphatic rings. The highest BCUT2D eigenvalue weighted by atomic mass is 32.2. The molecular weight excluding hydrogens is 262 g/mol. The van der Waals surface area contributed by atoms with Crippen LogP contribution in [0.15, 0.2) is 59.5 Å². The van der Waals surface area contributed by atoms with Crippen LogP contribution in [0.5, 0.6) is 0 Å². The van der Waals surface area contributed by atoms with Gasteiger partial charge >= 0.3 is 0 Å². The van der Waals surface area contributed by atoms with E-state index in [9.17, 15) is 13.6 Å². The smallest absolute Gasteiger partial charge is 0.198 e. The molecule has 0 bridgehead atoms. The molecule has 0 radical (unpaired) electrons. The summed E-state index contributed by atoms with van der Waals surface area (Å²) in [5, 5.41) is 10.6. The van der Waals surface area contributed by atoms with E-state index in [4.69, 9.17) is 0 Å². The van der Waals surface area contributed by atoms with Crippen LogP contribution in [0.3, 0.4) is 0 Å². The van der Waals surface area contributed by atoms with Crippen molar-refractivity contribution >= 4 is 15.5 Å². The summed E-state index contributed by atoms with van der Waals surface area (Å²) in [5.74, 6) is -0.472. The maximum Gasteiger partial charge on any atom is 0.198 e. The molecule has 0 aliphatic carbocycles. The van der Waals surface area contributed by atoms with Gasteiger partial charge in [-0.2, -0.15) is 0 Å². The van der Waals surface area contributed by atoms with E-state index >= 15 is 0 Å². The fraction of sp³-hybridized carbons (Fsp3) is 0.143. The van der Waals surface area contributed by atoms with E-state index in [0.717, 1.165) is 10.6 Å². The summed E-state index contributed by atoms with van der Waals surface area (Å²) in [6.45, 7) is 1.89. The molecule has 0 aromatic heterocycles. The molecule has 2 aromatic rings. The number of hydrogen-bond donors (Lipinski definition) is 1. The molecule has 1 N–H and O–H groups in total. The Bertz CT molecular complexity index is 636. The lowest BCUT2D eigenvalue weighted by molar-refractivity contribution is 0.271. The zero-order chi connectivity index (χ0) is 13.9. The highest BCUT2D eigenvalue weighted by Crippen LogP contribution is 2.17. The Kier molecular flexibility index (Phi) is 3.87. The number of benzene rings is 2. The van der Waals surface area contributed by atoms with Crippen molar-refractivity contribution in [2.75, 3.05) is 10.9 Å². The van der Waals surface area contributed by atoms with Gasteiger partial charge in [0.15, 0.2) is 15.7 Å². The first kappa shape index (κ1) is 13.6. The number of hydroxylamine groups is 1. The molecule has 2 rings (SSSR count). The Morgan fingerprint density at radius 1 is 1.00 bits per heavy atom. The molecular formula is C14H15NO3S. The van der Waals surface area contributed by atoms with Crippen LogP contribution in [0.1, 0.15) is 5.56 Å². The first-order chi connectivity index (χ1) is 8.99. The van der Waals surface area contributed by atoms with E-state index in [2.05, 4.69) is 0 Å². The van der Waals surface area contributed by atoms with Crippen molar-refractivity contribution in [2.24, 2.45) is 0 Å². The maximum absolute atomic E-state index is 12.1. The molecule has 0 amide bonds. The minimum atomic E-state index is -3.55. The first-order valence-electron chi connectivity index (χ1n) is 5.80. The number of sulfone groups is 1. The van der Waals surface area contributed by atoms with E-state index in [-0.39, 0.29) is 4.90 Å². The van der Waals surface area contributed by atoms with Gasteiger partial charge in [0.2, 0.25) is 0 Å². The van der Waals surface area contributed by atoms with Gasteiger partial charge in [0.25, 0.3) is 0 Å². The third kappa shape index (κ3) is 3.33. The molecule has 0 atom stereocenters. The van der Waals surface area contributed by atoms with Crippen LogP contribution in [0.25, 0.3) is 0 Å². The normalized spacial score (nSPS) is 11.3. The number of aryl methyl sites for hydroxylation is 1. The molecule has 0 fully saturated rings. The fourth-order valence-electron chi connectivity index (χ4n) is 1.66. The van der Waals surface area contributed by atoms with E-state index in [1.807, 2.05) is 6.92 Å². The predicted molar refractivity (Wildman–Crippen MR) is 73.9 cm³/mol. The summed E-state index contributed by atoms with van der Waals surface area (Å²) in [6, 6.07) is 15.1. The summed E-state index contributed by atoms with van der Waals surface area (Å²) in [5.41, 5.74) is 1.43. The van der Waals surface area contributed by atoms with Crippen LogP contribution in [-0.4, -0.2) is 19.5 Å². The van der Waals surface area contributed by atoms with Crippen molar-refractivity contribution in [3.8, 4) is 0 Å². The molecule has 0 heterocycles. The number of rotatable bonds is 4. The van der Waals surface area contributed by atoms with Gasteiger partial charge in [-0.1, -0.05) is 35.9 Å². The Morgan fingerprint density at radius 3 is 2.16 bits per heavy atom. The van der Waals surface area contributed by atoms with Crippen LogP contribution in [0.4, 0.5) is 5.69 Å². The molecule has 2 aromatic carbocycles. The van der Waals surface area contributed by atoms with Gasteiger partial charge in [0, 0.05) is 0 Å². The van der Waals surface area contributed by atoms with Gasteiger partial charge in [-0.15, -0.1) is 0 Å². The second-order valence-electron chi connectivity index (χ2n) is 4.29. The lowest BCUT2D eigenvalue weighted by Crippen LogP contribution is -2.26. The van der Waals surface area contributed by atoms with E-state index in [0.29, 0.717) is 5.69 Å². The average molecular weight is 277 g/mol. The second-order valence-corrected chi connectivity index (χ2v) is 6.25. The molecule has 0 spiro atoms. The Labute approximate surface area is 112 Å². The van der Waals surface area contributed by atoms with Gasteiger partial charge in [0.1, 0.15) is 0 Å². The van der Waals surface area contributed by atoms with Crippen LogP contribution >= 0.6 is 0 Å². The van der Waals surface area contributed by atoms with E-state index in [1.165, 1.54) is 0 Å². The van der Waals surface area contributed by atoms with Gasteiger partial charge in [-0.25, -0.2) is 13.5 Å². The fourth-order valence-corrected chi connectivity index (χ4v) is 2.83. The molecule has 5 heteroatoms. The van der Waals surface area contributed by atoms with Crippen LogP contribution in [0.2, 0.25) is 0 Å². The average Bonchev–Trinajstić information content (AvgIpc) is 2.40. The standard InChI is InChI=1S/C14H15NO3S/c1-12-7-9-14(10-8-12)19(17,18)11-15(16)13-5-3-2-4-6-13/h2-10,16H,11H2,1H3. The zero-order valence-electron chi connectivity index (χ0n) is 10.5. The molecule has 4 nitrogen and oxygen atoms in total. The Hall–Kier alpha value is -1.85. The molecule has 0 unspecified atom stereocenters. The largest absolute Gasteiger partial charge is 0.287 e. The first-order valence-corrected chi connectivity index (χ1v) is 7.45. The third-order valence-electron chi connectivity index (χ3n) is 2.73. The molecule has 0 saturated heterocycles. The van der Waals surface area contributed by atoms with Crippen molar-refractivity contribution < 1.29 is 13.6 Å². The second kappa shape index (κ2) is 5.42. The number of para-hydroxylation sites is 1. The summed E-state index contributed by atoms with van der Waals surface area (Å²) in [7, 11) is -3.55. The monoisotopic (exact) mass is 277 g/mol. The van der Waals surface area contributed by atoms with Crippen LogP contribution < -0.4 is 5.06 Å². The Morgan fingerprint density at radius 2 is 1.58 bits per heavy atom. The summed E-state index contributed by atoms with van der Waals surface area (Å²) in [4.78, 5) is 0.202. The highest BCUT2D eigenvalue weighted by Gasteiger charge is 2.18. The van der Waals surface area contributed by atoms with Crippen molar-refractivity contribution in [3.63, 3.8) is 0 Å². The SMILES string of the molecule is Cc1ccc(S(=O)(=O)CN(O)c2ccccc2)cc1. The molecule has 0 aliphatic heterocycles. The minimum Gasteiger partial charge on any atom is -0.287 e. The zero-order valence-corrected chi connectivity index (χ0v) is 11.3. The lowest BCUT2D eigenvalue weighted by atomic mass is 10.2. The van der Waals surface area contributed by atoms with Gasteiger partial charge < -0.3 is 0 Å². The number of hydrogen-bond acceptors (Lipinski definition) is 4. The van der Waals surface area contributed by atoms with E-state index < -0.39 is 15.7 Å². The maximum atomic E-state index is 12.1. The third-order valence-corrected chi connectivity index (χ3v) is 4.30. The lowest BCUT2D eigenvalue weighted by Gasteiger charge is -2.16. The van der Waals surface area contributed by atoms with Gasteiger partial charge in [-0.05, 0) is 31.2 Å². The number of nitrogens with zero attached hydrogens (tertiary/aromatic N) is 1. The molecule has 100 valence electrons. The predicted octanol–water partition coefficient (Wildman–Crippen LogP) is 2.62.